The molecule has 1 aliphatic heterocycles. The molecular weight excluding hydrogens is 264 g/mol. The van der Waals surface area contributed by atoms with Gasteiger partial charge in [0.2, 0.25) is 0 Å². The number of halogens is 1. The maximum atomic E-state index is 11.6. The summed E-state index contributed by atoms with van der Waals surface area (Å²) in [6.07, 6.45) is 1.06. The Hall–Kier alpha value is -0.940. The molecule has 3 rings (SSSR count). The van der Waals surface area contributed by atoms with Crippen molar-refractivity contribution in [3.05, 3.63) is 17.7 Å². The third-order valence-corrected chi connectivity index (χ3v) is 4.67. The highest BCUT2D eigenvalue weighted by molar-refractivity contribution is 8.14. The molecule has 4 nitrogen and oxygen atoms in total. The Labute approximate surface area is 104 Å². The summed E-state index contributed by atoms with van der Waals surface area (Å²) in [4.78, 5) is -0.0375. The number of ether oxygens (including phenoxy) is 2. The van der Waals surface area contributed by atoms with Crippen LogP contribution in [0.2, 0.25) is 0 Å². The van der Waals surface area contributed by atoms with Crippen LogP contribution in [-0.2, 0) is 9.05 Å². The average Bonchev–Trinajstić information content (AvgIpc) is 3.05. The average molecular weight is 275 g/mol. The second-order valence-electron chi connectivity index (χ2n) is 4.37. The van der Waals surface area contributed by atoms with E-state index in [1.54, 1.807) is 6.07 Å². The quantitative estimate of drug-likeness (QED) is 0.775. The van der Waals surface area contributed by atoms with Crippen LogP contribution in [0.4, 0.5) is 0 Å². The van der Waals surface area contributed by atoms with Gasteiger partial charge in [-0.1, -0.05) is 6.07 Å². The van der Waals surface area contributed by atoms with Gasteiger partial charge in [0.25, 0.3) is 9.05 Å². The number of benzene rings is 1. The Morgan fingerprint density at radius 1 is 1.47 bits per heavy atom. The maximum Gasteiger partial charge on any atom is 0.268 e. The van der Waals surface area contributed by atoms with Gasteiger partial charge < -0.3 is 9.47 Å². The minimum absolute atomic E-state index is 0.0375. The first-order valence-corrected chi connectivity index (χ1v) is 7.61. The molecule has 0 amide bonds. The molecular formula is C11H11ClO4S. The van der Waals surface area contributed by atoms with Crippen LogP contribution in [0.1, 0.15) is 17.9 Å². The molecule has 0 spiro atoms. The highest BCUT2D eigenvalue weighted by Gasteiger charge is 2.46. The largest absolute Gasteiger partial charge is 0.495 e. The van der Waals surface area contributed by atoms with Crippen molar-refractivity contribution in [2.24, 2.45) is 5.92 Å². The molecule has 1 aromatic rings. The Morgan fingerprint density at radius 3 is 2.88 bits per heavy atom. The predicted octanol–water partition coefficient (Wildman–Crippen LogP) is 2.12. The second-order valence-corrected chi connectivity index (χ2v) is 6.87. The zero-order chi connectivity index (χ0) is 12.2. The normalized spacial score (nSPS) is 25.5. The van der Waals surface area contributed by atoms with E-state index in [-0.39, 0.29) is 10.6 Å². The van der Waals surface area contributed by atoms with Gasteiger partial charge in [-0.2, -0.15) is 0 Å². The third-order valence-electron chi connectivity index (χ3n) is 3.33. The lowest BCUT2D eigenvalue weighted by atomic mass is 10.1. The Balaban J connectivity index is 2.26. The van der Waals surface area contributed by atoms with Crippen molar-refractivity contribution >= 4 is 19.7 Å². The van der Waals surface area contributed by atoms with Gasteiger partial charge in [-0.05, 0) is 24.0 Å². The first-order valence-electron chi connectivity index (χ1n) is 5.30. The first kappa shape index (κ1) is 11.2. The molecule has 1 aliphatic carbocycles. The molecule has 0 bridgehead atoms. The summed E-state index contributed by atoms with van der Waals surface area (Å²) >= 11 is 0. The summed E-state index contributed by atoms with van der Waals surface area (Å²) in [5.41, 5.74) is 0.932. The van der Waals surface area contributed by atoms with Gasteiger partial charge in [0.15, 0.2) is 4.90 Å². The number of hydrogen-bond donors (Lipinski definition) is 0. The van der Waals surface area contributed by atoms with Crippen molar-refractivity contribution in [3.63, 3.8) is 0 Å². The van der Waals surface area contributed by atoms with E-state index in [2.05, 4.69) is 0 Å². The van der Waals surface area contributed by atoms with Crippen LogP contribution >= 0.6 is 10.7 Å². The molecule has 2 atom stereocenters. The fourth-order valence-electron chi connectivity index (χ4n) is 2.40. The van der Waals surface area contributed by atoms with E-state index in [0.717, 1.165) is 12.0 Å². The molecule has 2 aliphatic rings. The summed E-state index contributed by atoms with van der Waals surface area (Å²) in [7, 11) is 3.00. The summed E-state index contributed by atoms with van der Waals surface area (Å²) < 4.78 is 33.8. The van der Waals surface area contributed by atoms with E-state index in [4.69, 9.17) is 20.2 Å². The standard InChI is InChI=1S/C11H11ClO4S/c1-15-9-3-2-7-8-4-6(8)5-16-10(7)11(9)17(12,13)14/h2-3,6,8H,4-5H2,1H3. The maximum absolute atomic E-state index is 11.6. The van der Waals surface area contributed by atoms with Crippen molar-refractivity contribution in [1.29, 1.82) is 0 Å². The van der Waals surface area contributed by atoms with Crippen molar-refractivity contribution in [2.75, 3.05) is 13.7 Å². The molecule has 0 aromatic heterocycles. The van der Waals surface area contributed by atoms with Gasteiger partial charge >= 0.3 is 0 Å². The van der Waals surface area contributed by atoms with E-state index in [1.807, 2.05) is 6.07 Å². The predicted molar refractivity (Wildman–Crippen MR) is 62.4 cm³/mol. The fourth-order valence-corrected chi connectivity index (χ4v) is 3.62. The van der Waals surface area contributed by atoms with Crippen molar-refractivity contribution in [2.45, 2.75) is 17.2 Å². The molecule has 1 saturated carbocycles. The molecule has 17 heavy (non-hydrogen) atoms. The van der Waals surface area contributed by atoms with Crippen LogP contribution in [0.5, 0.6) is 11.5 Å². The Bertz CT molecular complexity index is 581. The molecule has 92 valence electrons. The second kappa shape index (κ2) is 3.53. The zero-order valence-electron chi connectivity index (χ0n) is 9.14. The Morgan fingerprint density at radius 2 is 2.24 bits per heavy atom. The van der Waals surface area contributed by atoms with Crippen molar-refractivity contribution < 1.29 is 17.9 Å². The molecule has 6 heteroatoms. The van der Waals surface area contributed by atoms with E-state index in [0.29, 0.717) is 24.2 Å². The molecule has 0 saturated heterocycles. The smallest absolute Gasteiger partial charge is 0.268 e. The number of hydrogen-bond acceptors (Lipinski definition) is 4. The lowest BCUT2D eigenvalue weighted by Gasteiger charge is -2.20. The summed E-state index contributed by atoms with van der Waals surface area (Å²) in [6.45, 7) is 0.560. The van der Waals surface area contributed by atoms with Crippen molar-refractivity contribution in [1.82, 2.24) is 0 Å². The highest BCUT2D eigenvalue weighted by Crippen LogP contribution is 2.56. The molecule has 1 fully saturated rings. The topological polar surface area (TPSA) is 52.6 Å². The van der Waals surface area contributed by atoms with E-state index >= 15 is 0 Å². The van der Waals surface area contributed by atoms with Crippen LogP contribution in [0.15, 0.2) is 17.0 Å². The number of methoxy groups -OCH3 is 1. The fraction of sp³-hybridized carbons (Fsp3) is 0.455. The zero-order valence-corrected chi connectivity index (χ0v) is 10.7. The number of fused-ring (bicyclic) bond motifs is 3. The summed E-state index contributed by atoms with van der Waals surface area (Å²) in [5.74, 6) is 1.56. The van der Waals surface area contributed by atoms with Crippen molar-refractivity contribution in [3.8, 4) is 11.5 Å². The molecule has 0 radical (unpaired) electrons. The highest BCUT2D eigenvalue weighted by atomic mass is 35.7. The molecule has 0 N–H and O–H groups in total. The van der Waals surface area contributed by atoms with Gasteiger partial charge in [0, 0.05) is 16.6 Å². The lowest BCUT2D eigenvalue weighted by Crippen LogP contribution is -2.12. The summed E-state index contributed by atoms with van der Waals surface area (Å²) in [5, 5.41) is 0. The van der Waals surface area contributed by atoms with E-state index in [1.165, 1.54) is 7.11 Å². The molecule has 1 aromatic carbocycles. The minimum Gasteiger partial charge on any atom is -0.495 e. The van der Waals surface area contributed by atoms with E-state index < -0.39 is 9.05 Å². The lowest BCUT2D eigenvalue weighted by molar-refractivity contribution is 0.267. The van der Waals surface area contributed by atoms with E-state index in [9.17, 15) is 8.42 Å². The van der Waals surface area contributed by atoms with Crippen LogP contribution in [-0.4, -0.2) is 22.1 Å². The third kappa shape index (κ3) is 1.68. The SMILES string of the molecule is COc1ccc2c(c1S(=O)(=O)Cl)OCC1CC21. The van der Waals surface area contributed by atoms with Gasteiger partial charge in [-0.15, -0.1) is 0 Å². The first-order chi connectivity index (χ1) is 8.02. The van der Waals surface area contributed by atoms with Gasteiger partial charge in [0.1, 0.15) is 11.5 Å². The van der Waals surface area contributed by atoms with Gasteiger partial charge in [-0.3, -0.25) is 0 Å². The number of rotatable bonds is 2. The Kier molecular flexibility index (Phi) is 2.32. The minimum atomic E-state index is -3.87. The summed E-state index contributed by atoms with van der Waals surface area (Å²) in [6, 6.07) is 3.50. The van der Waals surface area contributed by atoms with Gasteiger partial charge in [0.05, 0.1) is 13.7 Å². The van der Waals surface area contributed by atoms with Crippen LogP contribution < -0.4 is 9.47 Å². The molecule has 1 heterocycles. The van der Waals surface area contributed by atoms with Crippen LogP contribution in [0.3, 0.4) is 0 Å². The monoisotopic (exact) mass is 274 g/mol. The van der Waals surface area contributed by atoms with Crippen LogP contribution in [0.25, 0.3) is 0 Å². The van der Waals surface area contributed by atoms with Crippen LogP contribution in [0, 0.1) is 5.92 Å². The van der Waals surface area contributed by atoms with Gasteiger partial charge in [-0.25, -0.2) is 8.42 Å². The molecule has 2 unspecified atom stereocenters.